The van der Waals surface area contributed by atoms with Crippen molar-refractivity contribution in [3.05, 3.63) is 168 Å². The first kappa shape index (κ1) is 24.9. The normalized spacial score (nSPS) is 10.3. The summed E-state index contributed by atoms with van der Waals surface area (Å²) in [4.78, 5) is 3.99. The van der Waals surface area contributed by atoms with Crippen molar-refractivity contribution in [2.75, 3.05) is 0 Å². The molecule has 5 rings (SSSR count). The second kappa shape index (κ2) is 13.6. The van der Waals surface area contributed by atoms with E-state index >= 15 is 0 Å². The van der Waals surface area contributed by atoms with Crippen molar-refractivity contribution >= 4 is 28.5 Å². The highest BCUT2D eigenvalue weighted by atomic mass is 28.2. The Kier molecular flexibility index (Phi) is 9.41. The minimum Gasteiger partial charge on any atom is -0.256 e. The first-order valence-corrected chi connectivity index (χ1v) is 13.8. The van der Waals surface area contributed by atoms with Gasteiger partial charge in [-0.1, -0.05) is 127 Å². The molecule has 1 heterocycles. The summed E-state index contributed by atoms with van der Waals surface area (Å²) >= 11 is 0. The average Bonchev–Trinajstić information content (AvgIpc) is 3.48. The molecule has 5 heteroatoms. The van der Waals surface area contributed by atoms with E-state index in [4.69, 9.17) is 7.85 Å². The smallest absolute Gasteiger partial charge is 0.137 e. The SMILES string of the molecule is C([SiH2]Cn1cncn1)=C(c1ccccc1)c1ccccc1.[B]C=C(c1ccccc1)c1ccccc1. The molecule has 0 fully saturated rings. The van der Waals surface area contributed by atoms with Crippen molar-refractivity contribution in [3.63, 3.8) is 0 Å². The maximum atomic E-state index is 5.67. The van der Waals surface area contributed by atoms with Gasteiger partial charge in [-0.05, 0) is 33.4 Å². The minimum absolute atomic E-state index is 0.394. The Hall–Kier alpha value is -4.22. The van der Waals surface area contributed by atoms with Gasteiger partial charge in [0.2, 0.25) is 0 Å². The highest BCUT2D eigenvalue weighted by Gasteiger charge is 2.04. The molecule has 174 valence electrons. The van der Waals surface area contributed by atoms with Crippen molar-refractivity contribution in [1.29, 1.82) is 0 Å². The Morgan fingerprint density at radius 3 is 1.42 bits per heavy atom. The summed E-state index contributed by atoms with van der Waals surface area (Å²) in [6.45, 7) is 0. The third-order valence-corrected chi connectivity index (χ3v) is 7.09. The summed E-state index contributed by atoms with van der Waals surface area (Å²) in [5.41, 5.74) is 9.63. The maximum Gasteiger partial charge on any atom is 0.137 e. The Balaban J connectivity index is 0.000000179. The Bertz CT molecular complexity index is 1270. The standard InChI is InChI=1S/C17H17N3Si.C14H11B/c1-3-7-15(8-4-1)17(16-9-5-2-6-10-16)11-21-14-20-13-18-12-19-20;15-11-14(12-7-3-1-4-8-12)13-9-5-2-6-10-13/h1-13H,14,21H2;1-11H. The van der Waals surface area contributed by atoms with Crippen molar-refractivity contribution in [3.8, 4) is 0 Å². The van der Waals surface area contributed by atoms with E-state index in [0.29, 0.717) is 0 Å². The highest BCUT2D eigenvalue weighted by molar-refractivity contribution is 6.42. The molecule has 0 unspecified atom stereocenters. The van der Waals surface area contributed by atoms with Crippen LogP contribution in [0.3, 0.4) is 0 Å². The lowest BCUT2D eigenvalue weighted by molar-refractivity contribution is 0.738. The molecule has 0 aliphatic heterocycles. The van der Waals surface area contributed by atoms with Gasteiger partial charge in [0.05, 0.1) is 9.52 Å². The van der Waals surface area contributed by atoms with Gasteiger partial charge in [-0.3, -0.25) is 4.68 Å². The molecule has 0 amide bonds. The van der Waals surface area contributed by atoms with Crippen LogP contribution in [0.25, 0.3) is 11.1 Å². The van der Waals surface area contributed by atoms with E-state index in [1.165, 1.54) is 16.7 Å². The molecular formula is C31H28BN3Si. The van der Waals surface area contributed by atoms with Gasteiger partial charge >= 0.3 is 0 Å². The van der Waals surface area contributed by atoms with Crippen LogP contribution < -0.4 is 0 Å². The van der Waals surface area contributed by atoms with E-state index in [0.717, 1.165) is 22.9 Å². The highest BCUT2D eigenvalue weighted by Crippen LogP contribution is 2.23. The van der Waals surface area contributed by atoms with Gasteiger partial charge in [-0.15, -0.1) is 5.98 Å². The van der Waals surface area contributed by atoms with Crippen LogP contribution in [0.15, 0.2) is 146 Å². The van der Waals surface area contributed by atoms with Crippen LogP contribution in [0.2, 0.25) is 0 Å². The molecule has 36 heavy (non-hydrogen) atoms. The molecule has 0 spiro atoms. The van der Waals surface area contributed by atoms with Crippen LogP contribution in [0, 0.1) is 0 Å². The number of benzene rings is 4. The third-order valence-electron chi connectivity index (χ3n) is 5.68. The summed E-state index contributed by atoms with van der Waals surface area (Å²) in [5.74, 6) is 1.66. The zero-order chi connectivity index (χ0) is 24.8. The Labute approximate surface area is 217 Å². The molecule has 4 aromatic carbocycles. The first-order valence-electron chi connectivity index (χ1n) is 12.0. The predicted molar refractivity (Wildman–Crippen MR) is 154 cm³/mol. The number of hydrogen-bond donors (Lipinski definition) is 0. The summed E-state index contributed by atoms with van der Waals surface area (Å²) in [5, 5.41) is 4.17. The number of rotatable bonds is 7. The fraction of sp³-hybridized carbons (Fsp3) is 0.0323. The van der Waals surface area contributed by atoms with Crippen LogP contribution >= 0.6 is 0 Å². The van der Waals surface area contributed by atoms with Gasteiger partial charge in [0.1, 0.15) is 20.5 Å². The minimum atomic E-state index is -0.394. The van der Waals surface area contributed by atoms with E-state index in [-0.39, 0.29) is 0 Å². The molecule has 0 saturated carbocycles. The van der Waals surface area contributed by atoms with Gasteiger partial charge in [0, 0.05) is 6.17 Å². The fourth-order valence-corrected chi connectivity index (χ4v) is 5.31. The van der Waals surface area contributed by atoms with Crippen molar-refractivity contribution in [2.45, 2.75) is 6.17 Å². The molecular weight excluding hydrogens is 453 g/mol. The molecule has 3 nitrogen and oxygen atoms in total. The van der Waals surface area contributed by atoms with E-state index in [2.05, 4.69) is 101 Å². The summed E-state index contributed by atoms with van der Waals surface area (Å²) in [6, 6.07) is 41.5. The monoisotopic (exact) mass is 481 g/mol. The van der Waals surface area contributed by atoms with Crippen LogP contribution in [-0.2, 0) is 6.17 Å². The fourth-order valence-electron chi connectivity index (χ4n) is 3.92. The maximum absolute atomic E-state index is 5.67. The van der Waals surface area contributed by atoms with Crippen LogP contribution in [0.5, 0.6) is 0 Å². The molecule has 1 aromatic heterocycles. The van der Waals surface area contributed by atoms with E-state index in [9.17, 15) is 0 Å². The second-order valence-electron chi connectivity index (χ2n) is 8.11. The Morgan fingerprint density at radius 2 is 1.06 bits per heavy atom. The predicted octanol–water partition coefficient (Wildman–Crippen LogP) is 5.74. The van der Waals surface area contributed by atoms with E-state index < -0.39 is 9.52 Å². The third kappa shape index (κ3) is 7.14. The molecule has 0 saturated heterocycles. The number of hydrogen-bond acceptors (Lipinski definition) is 2. The number of nitrogens with zero attached hydrogens (tertiary/aromatic N) is 3. The zero-order valence-corrected chi connectivity index (χ0v) is 21.6. The quantitative estimate of drug-likeness (QED) is 0.278. The zero-order valence-electron chi connectivity index (χ0n) is 20.2. The molecule has 0 aliphatic rings. The molecule has 0 N–H and O–H groups in total. The lowest BCUT2D eigenvalue weighted by Gasteiger charge is -2.08. The van der Waals surface area contributed by atoms with Gasteiger partial charge in [0.25, 0.3) is 0 Å². The molecule has 0 aliphatic carbocycles. The largest absolute Gasteiger partial charge is 0.256 e. The number of aromatic nitrogens is 3. The first-order chi connectivity index (χ1) is 17.8. The van der Waals surface area contributed by atoms with Crippen molar-refractivity contribution in [2.24, 2.45) is 0 Å². The van der Waals surface area contributed by atoms with Gasteiger partial charge < -0.3 is 0 Å². The topological polar surface area (TPSA) is 30.7 Å². The molecule has 0 atom stereocenters. The van der Waals surface area contributed by atoms with Crippen LogP contribution in [0.4, 0.5) is 0 Å². The summed E-state index contributed by atoms with van der Waals surface area (Å²) in [7, 11) is 5.28. The van der Waals surface area contributed by atoms with E-state index in [1.807, 2.05) is 41.1 Å². The van der Waals surface area contributed by atoms with Gasteiger partial charge in [0.15, 0.2) is 0 Å². The summed E-state index contributed by atoms with van der Waals surface area (Å²) < 4.78 is 1.91. The van der Waals surface area contributed by atoms with Gasteiger partial charge in [-0.2, -0.15) is 5.10 Å². The Morgan fingerprint density at radius 1 is 0.639 bits per heavy atom. The molecule has 5 aromatic rings. The summed E-state index contributed by atoms with van der Waals surface area (Å²) in [6.07, 6.45) is 4.35. The van der Waals surface area contributed by atoms with Crippen LogP contribution in [-0.4, -0.2) is 32.1 Å². The van der Waals surface area contributed by atoms with Gasteiger partial charge in [-0.25, -0.2) is 4.98 Å². The average molecular weight is 481 g/mol. The lowest BCUT2D eigenvalue weighted by atomic mass is 9.92. The van der Waals surface area contributed by atoms with Crippen LogP contribution in [0.1, 0.15) is 22.3 Å². The van der Waals surface area contributed by atoms with Crippen molar-refractivity contribution < 1.29 is 0 Å². The molecule has 2 radical (unpaired) electrons. The van der Waals surface area contributed by atoms with E-state index in [1.54, 1.807) is 18.6 Å². The lowest BCUT2D eigenvalue weighted by Crippen LogP contribution is -2.05. The molecule has 0 bridgehead atoms. The second-order valence-corrected chi connectivity index (χ2v) is 9.54. The van der Waals surface area contributed by atoms with Crippen molar-refractivity contribution in [1.82, 2.24) is 14.8 Å².